The first kappa shape index (κ1) is 40.4. The second-order valence-corrected chi connectivity index (χ2v) is 19.2. The molecular formula is C69H44N2O. The molecule has 3 nitrogen and oxygen atoms in total. The van der Waals surface area contributed by atoms with E-state index >= 15 is 0 Å². The molecule has 0 amide bonds. The Morgan fingerprint density at radius 2 is 0.986 bits per heavy atom. The van der Waals surface area contributed by atoms with Gasteiger partial charge in [-0.25, -0.2) is 0 Å². The number of hydrogen-bond donors (Lipinski definition) is 0. The van der Waals surface area contributed by atoms with Gasteiger partial charge in [-0.2, -0.15) is 0 Å². The lowest BCUT2D eigenvalue weighted by atomic mass is 9.89. The first-order valence-corrected chi connectivity index (χ1v) is 24.8. The van der Waals surface area contributed by atoms with Gasteiger partial charge >= 0.3 is 0 Å². The van der Waals surface area contributed by atoms with Crippen molar-refractivity contribution in [1.29, 1.82) is 0 Å². The molecule has 0 fully saturated rings. The third kappa shape index (κ3) is 6.38. The third-order valence-electron chi connectivity index (χ3n) is 15.2. The average molecular weight is 917 g/mol. The Morgan fingerprint density at radius 1 is 0.333 bits per heavy atom. The van der Waals surface area contributed by atoms with Crippen LogP contribution < -0.4 is 4.90 Å². The summed E-state index contributed by atoms with van der Waals surface area (Å²) in [6, 6.07) is 95.6. The van der Waals surface area contributed by atoms with Gasteiger partial charge in [-0.15, -0.1) is 0 Å². The topological polar surface area (TPSA) is 21.3 Å². The lowest BCUT2D eigenvalue weighted by Gasteiger charge is -2.27. The van der Waals surface area contributed by atoms with E-state index in [0.29, 0.717) is 0 Å². The summed E-state index contributed by atoms with van der Waals surface area (Å²) in [6.07, 6.45) is 0. The number of hydrogen-bond acceptors (Lipinski definition) is 2. The molecule has 1 atom stereocenters. The molecule has 15 rings (SSSR count). The second kappa shape index (κ2) is 16.1. The van der Waals surface area contributed by atoms with Gasteiger partial charge in [0, 0.05) is 50.2 Å². The molecule has 3 heteroatoms. The molecule has 0 spiro atoms. The highest BCUT2D eigenvalue weighted by Crippen LogP contribution is 2.51. The Balaban J connectivity index is 0.835. The molecule has 0 N–H and O–H groups in total. The van der Waals surface area contributed by atoms with Gasteiger partial charge in [0.2, 0.25) is 0 Å². The fraction of sp³-hybridized carbons (Fsp3) is 0.0145. The first-order valence-electron chi connectivity index (χ1n) is 24.8. The normalized spacial score (nSPS) is 13.1. The number of fused-ring (bicyclic) bond motifs is 12. The zero-order chi connectivity index (χ0) is 47.3. The molecule has 0 bridgehead atoms. The molecule has 2 aromatic heterocycles. The summed E-state index contributed by atoms with van der Waals surface area (Å²) in [5.41, 5.74) is 20.0. The number of rotatable bonds is 7. The SMILES string of the molecule is c1ccc(C2c3ccccc3-c3ccc(N(c4ccc(-c5cccc(-c6ccc7c(c6)c6cc8c(ccc9oc%10ccccc%10c98)cc6n7-c6ccccc6)c5)cc4)c4ccc5ccccc5c4)cc32)cc1. The van der Waals surface area contributed by atoms with E-state index in [9.17, 15) is 0 Å². The number of nitrogens with zero attached hydrogens (tertiary/aromatic N) is 2. The van der Waals surface area contributed by atoms with E-state index < -0.39 is 0 Å². The highest BCUT2D eigenvalue weighted by molar-refractivity contribution is 6.23. The van der Waals surface area contributed by atoms with Gasteiger partial charge in [0.25, 0.3) is 0 Å². The molecule has 12 aromatic carbocycles. The van der Waals surface area contributed by atoms with Crippen LogP contribution in [0, 0.1) is 0 Å². The van der Waals surface area contributed by atoms with Crippen LogP contribution in [0.4, 0.5) is 17.1 Å². The smallest absolute Gasteiger partial charge is 0.136 e. The Labute approximate surface area is 416 Å². The molecule has 1 unspecified atom stereocenters. The molecule has 0 radical (unpaired) electrons. The van der Waals surface area contributed by atoms with Gasteiger partial charge in [-0.3, -0.25) is 0 Å². The van der Waals surface area contributed by atoms with Gasteiger partial charge in [0.05, 0.1) is 11.0 Å². The van der Waals surface area contributed by atoms with Crippen molar-refractivity contribution in [3.8, 4) is 39.1 Å². The number of anilines is 3. The number of aromatic nitrogens is 1. The van der Waals surface area contributed by atoms with Crippen LogP contribution in [-0.4, -0.2) is 4.57 Å². The molecule has 336 valence electrons. The fourth-order valence-electron chi connectivity index (χ4n) is 11.9. The van der Waals surface area contributed by atoms with Gasteiger partial charge in [0.1, 0.15) is 11.2 Å². The zero-order valence-electron chi connectivity index (χ0n) is 39.2. The van der Waals surface area contributed by atoms with Crippen molar-refractivity contribution < 1.29 is 4.42 Å². The van der Waals surface area contributed by atoms with Crippen LogP contribution in [0.3, 0.4) is 0 Å². The van der Waals surface area contributed by atoms with E-state index in [2.05, 4.69) is 264 Å². The van der Waals surface area contributed by atoms with E-state index in [4.69, 9.17) is 4.42 Å². The van der Waals surface area contributed by atoms with Crippen molar-refractivity contribution in [2.24, 2.45) is 0 Å². The van der Waals surface area contributed by atoms with Crippen LogP contribution in [0.15, 0.2) is 265 Å². The maximum absolute atomic E-state index is 6.37. The molecule has 0 saturated carbocycles. The van der Waals surface area contributed by atoms with Crippen molar-refractivity contribution in [2.75, 3.05) is 4.90 Å². The van der Waals surface area contributed by atoms with E-state index in [0.717, 1.165) is 50.3 Å². The van der Waals surface area contributed by atoms with Gasteiger partial charge in [-0.05, 0) is 163 Å². The van der Waals surface area contributed by atoms with E-state index in [1.807, 2.05) is 6.07 Å². The van der Waals surface area contributed by atoms with Gasteiger partial charge in [-0.1, -0.05) is 170 Å². The lowest BCUT2D eigenvalue weighted by molar-refractivity contribution is 0.669. The molecule has 14 aromatic rings. The zero-order valence-corrected chi connectivity index (χ0v) is 39.2. The minimum absolute atomic E-state index is 0.155. The Hall–Kier alpha value is -9.44. The summed E-state index contributed by atoms with van der Waals surface area (Å²) < 4.78 is 8.78. The highest BCUT2D eigenvalue weighted by Gasteiger charge is 2.31. The number of para-hydroxylation sites is 2. The number of furan rings is 1. The van der Waals surface area contributed by atoms with Gasteiger partial charge in [0.15, 0.2) is 0 Å². The Morgan fingerprint density at radius 3 is 1.86 bits per heavy atom. The third-order valence-corrected chi connectivity index (χ3v) is 15.2. The van der Waals surface area contributed by atoms with E-state index in [1.165, 1.54) is 87.9 Å². The summed E-state index contributed by atoms with van der Waals surface area (Å²) in [5, 5.41) is 9.56. The van der Waals surface area contributed by atoms with Crippen LogP contribution in [0.25, 0.3) is 104 Å². The standard InChI is InChI=1S/C69H44N2O/c1-3-15-46(16-4-1)68-58-23-10-9-22-56(58)57-35-34-55(42-63(57)68)70(54-33-28-44-14-7-8-17-49(44)39-54)53-31-26-45(27-32-53)47-18-13-19-48(38-47)50-29-36-64-61(40-50)62-43-60-51(41-65(62)71(64)52-20-5-2-6-21-52)30-37-67-69(60)59-24-11-12-25-66(59)72-67/h1-43,68H. The predicted molar refractivity (Wildman–Crippen MR) is 301 cm³/mol. The van der Waals surface area contributed by atoms with Crippen LogP contribution in [0.5, 0.6) is 0 Å². The molecular weight excluding hydrogens is 873 g/mol. The predicted octanol–water partition coefficient (Wildman–Crippen LogP) is 19.0. The highest BCUT2D eigenvalue weighted by atomic mass is 16.3. The van der Waals surface area contributed by atoms with Crippen molar-refractivity contribution in [3.63, 3.8) is 0 Å². The first-order chi connectivity index (χ1) is 35.7. The van der Waals surface area contributed by atoms with Crippen molar-refractivity contribution in [1.82, 2.24) is 4.57 Å². The molecule has 1 aliphatic carbocycles. The number of benzene rings is 12. The van der Waals surface area contributed by atoms with Crippen molar-refractivity contribution >= 4 is 82.4 Å². The van der Waals surface area contributed by atoms with Crippen molar-refractivity contribution in [3.05, 3.63) is 278 Å². The van der Waals surface area contributed by atoms with Crippen molar-refractivity contribution in [2.45, 2.75) is 5.92 Å². The summed E-state index contributed by atoms with van der Waals surface area (Å²) in [7, 11) is 0. The molecule has 72 heavy (non-hydrogen) atoms. The van der Waals surface area contributed by atoms with Crippen LogP contribution in [-0.2, 0) is 0 Å². The fourth-order valence-corrected chi connectivity index (χ4v) is 11.9. The summed E-state index contributed by atoms with van der Waals surface area (Å²) in [6.45, 7) is 0. The Kier molecular flexibility index (Phi) is 9.02. The maximum Gasteiger partial charge on any atom is 0.136 e. The molecule has 0 saturated heterocycles. The summed E-state index contributed by atoms with van der Waals surface area (Å²) >= 11 is 0. The monoisotopic (exact) mass is 916 g/mol. The quantitative estimate of drug-likeness (QED) is 0.159. The lowest BCUT2D eigenvalue weighted by Crippen LogP contribution is -2.11. The van der Waals surface area contributed by atoms with Crippen LogP contribution in [0.2, 0.25) is 0 Å². The molecule has 0 aliphatic heterocycles. The van der Waals surface area contributed by atoms with E-state index in [-0.39, 0.29) is 5.92 Å². The summed E-state index contributed by atoms with van der Waals surface area (Å²) in [4.78, 5) is 2.42. The second-order valence-electron chi connectivity index (χ2n) is 19.2. The Bertz CT molecular complexity index is 4450. The van der Waals surface area contributed by atoms with E-state index in [1.54, 1.807) is 0 Å². The minimum atomic E-state index is 0.155. The molecule has 1 aliphatic rings. The van der Waals surface area contributed by atoms with Crippen LogP contribution in [0.1, 0.15) is 22.6 Å². The van der Waals surface area contributed by atoms with Crippen LogP contribution >= 0.6 is 0 Å². The average Bonchev–Trinajstić information content (AvgIpc) is 4.10. The van der Waals surface area contributed by atoms with Gasteiger partial charge < -0.3 is 13.9 Å². The molecule has 2 heterocycles. The minimum Gasteiger partial charge on any atom is -0.456 e. The largest absolute Gasteiger partial charge is 0.456 e. The summed E-state index contributed by atoms with van der Waals surface area (Å²) in [5.74, 6) is 0.155. The maximum atomic E-state index is 6.37.